The number of sulfonamides is 1. The van der Waals surface area contributed by atoms with Gasteiger partial charge in [0.05, 0.1) is 0 Å². The Morgan fingerprint density at radius 2 is 2.24 bits per heavy atom. The van der Waals surface area contributed by atoms with Crippen LogP contribution in [0.5, 0.6) is 0 Å². The molecule has 0 aliphatic heterocycles. The SMILES string of the molecule is CSCCCCNS(=O)(=O)c1cc(CN)cs1. The maximum atomic E-state index is 11.8. The maximum Gasteiger partial charge on any atom is 0.250 e. The summed E-state index contributed by atoms with van der Waals surface area (Å²) in [7, 11) is -3.33. The summed E-state index contributed by atoms with van der Waals surface area (Å²) < 4.78 is 26.6. The highest BCUT2D eigenvalue weighted by atomic mass is 32.2. The van der Waals surface area contributed by atoms with Gasteiger partial charge in [-0.05, 0) is 41.9 Å². The fourth-order valence-electron chi connectivity index (χ4n) is 1.25. The summed E-state index contributed by atoms with van der Waals surface area (Å²) in [6.45, 7) is 0.874. The molecule has 0 saturated carbocycles. The van der Waals surface area contributed by atoms with Gasteiger partial charge in [-0.15, -0.1) is 11.3 Å². The van der Waals surface area contributed by atoms with Gasteiger partial charge in [0.1, 0.15) is 4.21 Å². The number of unbranched alkanes of at least 4 members (excludes halogenated alkanes) is 1. The van der Waals surface area contributed by atoms with Gasteiger partial charge >= 0.3 is 0 Å². The molecule has 1 aromatic heterocycles. The maximum absolute atomic E-state index is 11.8. The van der Waals surface area contributed by atoms with E-state index in [2.05, 4.69) is 4.72 Å². The van der Waals surface area contributed by atoms with E-state index in [1.807, 2.05) is 6.26 Å². The van der Waals surface area contributed by atoms with E-state index < -0.39 is 10.0 Å². The first-order valence-electron chi connectivity index (χ1n) is 5.36. The van der Waals surface area contributed by atoms with E-state index in [1.54, 1.807) is 23.2 Å². The molecule has 0 bridgehead atoms. The third kappa shape index (κ3) is 4.97. The Hall–Kier alpha value is -0.0800. The Kier molecular flexibility index (Phi) is 6.50. The van der Waals surface area contributed by atoms with E-state index >= 15 is 0 Å². The molecule has 98 valence electrons. The van der Waals surface area contributed by atoms with Gasteiger partial charge in [-0.2, -0.15) is 11.8 Å². The van der Waals surface area contributed by atoms with Crippen molar-refractivity contribution in [3.05, 3.63) is 17.0 Å². The highest BCUT2D eigenvalue weighted by Crippen LogP contribution is 2.19. The Morgan fingerprint density at radius 1 is 1.47 bits per heavy atom. The van der Waals surface area contributed by atoms with Crippen molar-refractivity contribution in [2.75, 3.05) is 18.6 Å². The van der Waals surface area contributed by atoms with Crippen LogP contribution in [0.25, 0.3) is 0 Å². The molecular weight excluding hydrogens is 276 g/mol. The molecule has 17 heavy (non-hydrogen) atoms. The summed E-state index contributed by atoms with van der Waals surface area (Å²) in [6.07, 6.45) is 3.95. The van der Waals surface area contributed by atoms with Crippen molar-refractivity contribution in [2.24, 2.45) is 5.73 Å². The predicted octanol–water partition coefficient (Wildman–Crippen LogP) is 1.63. The monoisotopic (exact) mass is 294 g/mol. The third-order valence-electron chi connectivity index (χ3n) is 2.20. The van der Waals surface area contributed by atoms with Crippen LogP contribution in [0.3, 0.4) is 0 Å². The minimum absolute atomic E-state index is 0.350. The van der Waals surface area contributed by atoms with Crippen molar-refractivity contribution in [2.45, 2.75) is 23.6 Å². The van der Waals surface area contributed by atoms with Gasteiger partial charge in [-0.1, -0.05) is 0 Å². The molecule has 0 amide bonds. The molecule has 0 atom stereocenters. The van der Waals surface area contributed by atoms with Gasteiger partial charge in [0.25, 0.3) is 0 Å². The molecule has 1 aromatic rings. The molecule has 0 saturated heterocycles. The lowest BCUT2D eigenvalue weighted by atomic mass is 10.3. The smallest absolute Gasteiger partial charge is 0.250 e. The zero-order valence-corrected chi connectivity index (χ0v) is 12.3. The molecule has 3 N–H and O–H groups in total. The van der Waals surface area contributed by atoms with Crippen molar-refractivity contribution in [1.82, 2.24) is 4.72 Å². The number of rotatable bonds is 8. The summed E-state index contributed by atoms with van der Waals surface area (Å²) in [5.74, 6) is 1.07. The van der Waals surface area contributed by atoms with Crippen LogP contribution in [0.1, 0.15) is 18.4 Å². The number of nitrogens with one attached hydrogen (secondary N) is 1. The number of thioether (sulfide) groups is 1. The van der Waals surface area contributed by atoms with E-state index in [9.17, 15) is 8.42 Å². The quantitative estimate of drug-likeness (QED) is 0.715. The number of hydrogen-bond donors (Lipinski definition) is 2. The van der Waals surface area contributed by atoms with Crippen molar-refractivity contribution in [3.63, 3.8) is 0 Å². The fraction of sp³-hybridized carbons (Fsp3) is 0.600. The second-order valence-electron chi connectivity index (χ2n) is 3.58. The molecule has 0 radical (unpaired) electrons. The van der Waals surface area contributed by atoms with Gasteiger partial charge in [0, 0.05) is 13.1 Å². The average molecular weight is 294 g/mol. The summed E-state index contributed by atoms with van der Waals surface area (Å²) in [4.78, 5) is 0. The van der Waals surface area contributed by atoms with Gasteiger partial charge in [0.15, 0.2) is 0 Å². The molecule has 1 rings (SSSR count). The van der Waals surface area contributed by atoms with Crippen molar-refractivity contribution >= 4 is 33.1 Å². The predicted molar refractivity (Wildman–Crippen MR) is 75.0 cm³/mol. The summed E-state index contributed by atoms with van der Waals surface area (Å²) in [5.41, 5.74) is 6.31. The highest BCUT2D eigenvalue weighted by molar-refractivity contribution is 7.98. The van der Waals surface area contributed by atoms with Crippen molar-refractivity contribution < 1.29 is 8.42 Å². The first kappa shape index (κ1) is 15.0. The van der Waals surface area contributed by atoms with E-state index in [1.165, 1.54) is 11.3 Å². The molecular formula is C10H18N2O2S3. The van der Waals surface area contributed by atoms with E-state index in [-0.39, 0.29) is 0 Å². The molecule has 0 aliphatic carbocycles. The standard InChI is InChI=1S/C10H18N2O2S3/c1-15-5-3-2-4-12-17(13,14)10-6-9(7-11)8-16-10/h6,8,12H,2-5,7,11H2,1H3. The van der Waals surface area contributed by atoms with Crippen LogP contribution in [0, 0.1) is 0 Å². The highest BCUT2D eigenvalue weighted by Gasteiger charge is 2.15. The third-order valence-corrected chi connectivity index (χ3v) is 5.84. The minimum Gasteiger partial charge on any atom is -0.326 e. The molecule has 1 heterocycles. The Bertz CT molecular complexity index is 429. The van der Waals surface area contributed by atoms with Crippen LogP contribution >= 0.6 is 23.1 Å². The van der Waals surface area contributed by atoms with Gasteiger partial charge < -0.3 is 5.73 Å². The summed E-state index contributed by atoms with van der Waals surface area (Å²) >= 11 is 2.99. The molecule has 0 aliphatic rings. The molecule has 4 nitrogen and oxygen atoms in total. The molecule has 0 aromatic carbocycles. The lowest BCUT2D eigenvalue weighted by Gasteiger charge is -2.03. The minimum atomic E-state index is -3.33. The van der Waals surface area contributed by atoms with Gasteiger partial charge in [0.2, 0.25) is 10.0 Å². The molecule has 7 heteroatoms. The second kappa shape index (κ2) is 7.38. The first-order chi connectivity index (χ1) is 8.10. The first-order valence-corrected chi connectivity index (χ1v) is 9.12. The average Bonchev–Trinajstić information content (AvgIpc) is 2.78. The molecule has 0 unspecified atom stereocenters. The molecule has 0 fully saturated rings. The van der Waals surface area contributed by atoms with Crippen molar-refractivity contribution in [1.29, 1.82) is 0 Å². The van der Waals surface area contributed by atoms with Crippen LogP contribution in [0.2, 0.25) is 0 Å². The fourth-order valence-corrected chi connectivity index (χ4v) is 4.08. The van der Waals surface area contributed by atoms with Crippen LogP contribution in [0.15, 0.2) is 15.7 Å². The Morgan fingerprint density at radius 3 is 2.82 bits per heavy atom. The number of thiophene rings is 1. The van der Waals surface area contributed by atoms with Crippen molar-refractivity contribution in [3.8, 4) is 0 Å². The zero-order chi connectivity index (χ0) is 12.7. The van der Waals surface area contributed by atoms with Crippen LogP contribution < -0.4 is 10.5 Å². The summed E-state index contributed by atoms with van der Waals surface area (Å²) in [5, 5.41) is 1.78. The van der Waals surface area contributed by atoms with Crippen LogP contribution in [-0.2, 0) is 16.6 Å². The number of nitrogens with two attached hydrogens (primary N) is 1. The topological polar surface area (TPSA) is 72.2 Å². The van der Waals surface area contributed by atoms with E-state index in [0.717, 1.165) is 24.2 Å². The van der Waals surface area contributed by atoms with Gasteiger partial charge in [-0.25, -0.2) is 13.1 Å². The largest absolute Gasteiger partial charge is 0.326 e. The second-order valence-corrected chi connectivity index (χ2v) is 7.47. The van der Waals surface area contributed by atoms with E-state index in [0.29, 0.717) is 17.3 Å². The summed E-state index contributed by atoms with van der Waals surface area (Å²) in [6, 6.07) is 1.63. The van der Waals surface area contributed by atoms with Crippen LogP contribution in [-0.4, -0.2) is 27.0 Å². The van der Waals surface area contributed by atoms with Crippen LogP contribution in [0.4, 0.5) is 0 Å². The normalized spacial score (nSPS) is 11.9. The Labute approximate surface area is 111 Å². The Balaban J connectivity index is 2.45. The number of hydrogen-bond acceptors (Lipinski definition) is 5. The molecule has 0 spiro atoms. The lowest BCUT2D eigenvalue weighted by molar-refractivity contribution is 0.580. The van der Waals surface area contributed by atoms with E-state index in [4.69, 9.17) is 5.73 Å². The lowest BCUT2D eigenvalue weighted by Crippen LogP contribution is -2.24. The zero-order valence-electron chi connectivity index (χ0n) is 9.81. The van der Waals surface area contributed by atoms with Gasteiger partial charge in [-0.3, -0.25) is 0 Å².